The van der Waals surface area contributed by atoms with E-state index in [1.54, 1.807) is 7.05 Å². The third-order valence-corrected chi connectivity index (χ3v) is 6.11. The fraction of sp³-hybridized carbons (Fsp3) is 0.545. The summed E-state index contributed by atoms with van der Waals surface area (Å²) in [7, 11) is 1.60. The number of carbonyl (C=O) groups is 3. The normalized spacial score (nSPS) is 23.3. The van der Waals surface area contributed by atoms with E-state index in [4.69, 9.17) is 5.73 Å². The summed E-state index contributed by atoms with van der Waals surface area (Å²) in [6.45, 7) is 4.29. The van der Waals surface area contributed by atoms with E-state index in [0.717, 1.165) is 11.3 Å². The molecule has 1 spiro atoms. The van der Waals surface area contributed by atoms with Gasteiger partial charge in [-0.15, -0.1) is 0 Å². The molecule has 3 rings (SSSR count). The van der Waals surface area contributed by atoms with Gasteiger partial charge < -0.3 is 20.9 Å². The van der Waals surface area contributed by atoms with E-state index >= 15 is 0 Å². The van der Waals surface area contributed by atoms with Crippen molar-refractivity contribution in [1.82, 2.24) is 9.80 Å². The standard InChI is InChI=1S/C22H29N5O3/c1-14(2)10-18(26(3)19(28)8-9-23)20(29)27-13-22(11-15(27)12-24)16-6-4-5-7-17(16)25-21(22)30/h4-7,14-15,18H,8-11,13,23H2,1-3H3,(H,25,30)/t15-,18-,22-/m0/s1. The van der Waals surface area contributed by atoms with Gasteiger partial charge in [0.2, 0.25) is 17.7 Å². The lowest BCUT2D eigenvalue weighted by Crippen LogP contribution is -2.52. The van der Waals surface area contributed by atoms with Crippen molar-refractivity contribution < 1.29 is 14.4 Å². The summed E-state index contributed by atoms with van der Waals surface area (Å²) in [5.74, 6) is -0.521. The first-order valence-corrected chi connectivity index (χ1v) is 10.3. The lowest BCUT2D eigenvalue weighted by Gasteiger charge is -2.33. The van der Waals surface area contributed by atoms with Gasteiger partial charge in [0.05, 0.1) is 11.5 Å². The molecule has 1 aromatic carbocycles. The topological polar surface area (TPSA) is 120 Å². The van der Waals surface area contributed by atoms with Crippen LogP contribution in [0.5, 0.6) is 0 Å². The number of fused-ring (bicyclic) bond motifs is 2. The van der Waals surface area contributed by atoms with Gasteiger partial charge in [0.25, 0.3) is 0 Å². The predicted molar refractivity (Wildman–Crippen MR) is 112 cm³/mol. The number of nitrogens with zero attached hydrogens (tertiary/aromatic N) is 3. The lowest BCUT2D eigenvalue weighted by molar-refractivity contribution is -0.145. The van der Waals surface area contributed by atoms with Crippen molar-refractivity contribution in [2.75, 3.05) is 25.5 Å². The number of nitriles is 1. The van der Waals surface area contributed by atoms with Gasteiger partial charge in [-0.25, -0.2) is 0 Å². The number of hydrogen-bond acceptors (Lipinski definition) is 5. The Bertz CT molecular complexity index is 893. The molecular formula is C22H29N5O3. The summed E-state index contributed by atoms with van der Waals surface area (Å²) in [6.07, 6.45) is 0.864. The minimum absolute atomic E-state index is 0.125. The SMILES string of the molecule is CC(C)C[C@@H](C(=O)N1C[C@]2(C[C@H]1C#N)C(=O)Nc1ccccc12)N(C)C(=O)CCN. The summed E-state index contributed by atoms with van der Waals surface area (Å²) in [5.41, 5.74) is 6.13. The number of carbonyl (C=O) groups excluding carboxylic acids is 3. The maximum atomic E-state index is 13.6. The Balaban J connectivity index is 1.93. The Hall–Kier alpha value is -2.92. The van der Waals surface area contributed by atoms with Gasteiger partial charge in [-0.05, 0) is 24.0 Å². The molecule has 3 N–H and O–H groups in total. The second kappa shape index (κ2) is 8.44. The van der Waals surface area contributed by atoms with Crippen LogP contribution in [0.25, 0.3) is 0 Å². The van der Waals surface area contributed by atoms with E-state index in [1.807, 2.05) is 38.1 Å². The van der Waals surface area contributed by atoms with Crippen LogP contribution in [0.3, 0.4) is 0 Å². The highest BCUT2D eigenvalue weighted by Gasteiger charge is 2.56. The maximum Gasteiger partial charge on any atom is 0.246 e. The number of para-hydroxylation sites is 1. The lowest BCUT2D eigenvalue weighted by atomic mass is 9.80. The number of hydrogen-bond donors (Lipinski definition) is 2. The van der Waals surface area contributed by atoms with Crippen molar-refractivity contribution in [3.05, 3.63) is 29.8 Å². The molecule has 160 valence electrons. The second-order valence-corrected chi connectivity index (χ2v) is 8.59. The average molecular weight is 412 g/mol. The molecule has 1 saturated heterocycles. The maximum absolute atomic E-state index is 13.6. The Labute approximate surface area is 177 Å². The molecule has 0 bridgehead atoms. The average Bonchev–Trinajstić information content (AvgIpc) is 3.24. The Morgan fingerprint density at radius 1 is 1.40 bits per heavy atom. The third kappa shape index (κ3) is 3.65. The molecule has 0 aliphatic carbocycles. The van der Waals surface area contributed by atoms with Crippen molar-refractivity contribution in [3.8, 4) is 6.07 Å². The quantitative estimate of drug-likeness (QED) is 0.729. The van der Waals surface area contributed by atoms with Gasteiger partial charge in [0, 0.05) is 38.7 Å². The molecule has 2 heterocycles. The minimum Gasteiger partial charge on any atom is -0.334 e. The first kappa shape index (κ1) is 21.8. The van der Waals surface area contributed by atoms with Crippen molar-refractivity contribution in [2.24, 2.45) is 11.7 Å². The smallest absolute Gasteiger partial charge is 0.246 e. The summed E-state index contributed by atoms with van der Waals surface area (Å²) < 4.78 is 0. The summed E-state index contributed by atoms with van der Waals surface area (Å²) in [4.78, 5) is 41.9. The predicted octanol–water partition coefficient (Wildman–Crippen LogP) is 1.22. The van der Waals surface area contributed by atoms with Gasteiger partial charge in [-0.3, -0.25) is 14.4 Å². The van der Waals surface area contributed by atoms with Crippen LogP contribution in [0.15, 0.2) is 24.3 Å². The van der Waals surface area contributed by atoms with Gasteiger partial charge >= 0.3 is 0 Å². The molecule has 0 radical (unpaired) electrons. The number of anilines is 1. The first-order valence-electron chi connectivity index (χ1n) is 10.3. The van der Waals surface area contributed by atoms with Crippen LogP contribution in [-0.2, 0) is 19.8 Å². The van der Waals surface area contributed by atoms with Crippen LogP contribution < -0.4 is 11.1 Å². The first-order chi connectivity index (χ1) is 14.2. The third-order valence-electron chi connectivity index (χ3n) is 6.11. The van der Waals surface area contributed by atoms with Crippen molar-refractivity contribution >= 4 is 23.4 Å². The molecule has 8 heteroatoms. The number of benzene rings is 1. The van der Waals surface area contributed by atoms with Crippen LogP contribution in [-0.4, -0.2) is 59.7 Å². The monoisotopic (exact) mass is 411 g/mol. The number of nitrogens with two attached hydrogens (primary N) is 1. The molecule has 1 aromatic rings. The summed E-state index contributed by atoms with van der Waals surface area (Å²) in [5, 5.41) is 12.7. The fourth-order valence-electron chi connectivity index (χ4n) is 4.52. The van der Waals surface area contributed by atoms with Gasteiger partial charge in [-0.1, -0.05) is 32.0 Å². The van der Waals surface area contributed by atoms with Crippen molar-refractivity contribution in [3.63, 3.8) is 0 Å². The molecule has 8 nitrogen and oxygen atoms in total. The van der Waals surface area contributed by atoms with Gasteiger partial charge in [0.1, 0.15) is 12.1 Å². The van der Waals surface area contributed by atoms with E-state index in [0.29, 0.717) is 6.42 Å². The molecule has 30 heavy (non-hydrogen) atoms. The molecule has 0 aromatic heterocycles. The Kier molecular flexibility index (Phi) is 6.13. The summed E-state index contributed by atoms with van der Waals surface area (Å²) in [6, 6.07) is 8.16. The molecule has 0 saturated carbocycles. The largest absolute Gasteiger partial charge is 0.334 e. The van der Waals surface area contributed by atoms with Gasteiger partial charge in [-0.2, -0.15) is 5.26 Å². The second-order valence-electron chi connectivity index (χ2n) is 8.59. The van der Waals surface area contributed by atoms with Crippen LogP contribution in [0.1, 0.15) is 38.7 Å². The van der Waals surface area contributed by atoms with Gasteiger partial charge in [0.15, 0.2) is 0 Å². The number of rotatable bonds is 6. The van der Waals surface area contributed by atoms with E-state index in [-0.39, 0.29) is 49.6 Å². The zero-order valence-electron chi connectivity index (χ0n) is 17.7. The zero-order valence-corrected chi connectivity index (χ0v) is 17.7. The Morgan fingerprint density at radius 2 is 2.10 bits per heavy atom. The number of likely N-dealkylation sites (N-methyl/N-ethyl adjacent to an activating group) is 1. The molecule has 2 aliphatic rings. The summed E-state index contributed by atoms with van der Waals surface area (Å²) >= 11 is 0. The highest BCUT2D eigenvalue weighted by Crippen LogP contribution is 2.46. The van der Waals surface area contributed by atoms with Crippen LogP contribution in [0, 0.1) is 17.2 Å². The van der Waals surface area contributed by atoms with E-state index in [1.165, 1.54) is 9.80 Å². The number of amides is 3. The molecule has 2 aliphatic heterocycles. The fourth-order valence-corrected chi connectivity index (χ4v) is 4.52. The minimum atomic E-state index is -0.936. The van der Waals surface area contributed by atoms with E-state index in [9.17, 15) is 19.6 Å². The molecule has 0 unspecified atom stereocenters. The molecule has 3 amide bonds. The highest BCUT2D eigenvalue weighted by molar-refractivity contribution is 6.07. The molecule has 1 fully saturated rings. The number of likely N-dealkylation sites (tertiary alicyclic amines) is 1. The highest BCUT2D eigenvalue weighted by atomic mass is 16.2. The molecule has 3 atom stereocenters. The van der Waals surface area contributed by atoms with E-state index in [2.05, 4.69) is 11.4 Å². The van der Waals surface area contributed by atoms with Crippen LogP contribution in [0.4, 0.5) is 5.69 Å². The zero-order chi connectivity index (χ0) is 22.1. The van der Waals surface area contributed by atoms with E-state index < -0.39 is 17.5 Å². The molecular weight excluding hydrogens is 382 g/mol. The van der Waals surface area contributed by atoms with Crippen molar-refractivity contribution in [2.45, 2.75) is 50.6 Å². The van der Waals surface area contributed by atoms with Crippen molar-refractivity contribution in [1.29, 1.82) is 5.26 Å². The van der Waals surface area contributed by atoms with Crippen LogP contribution >= 0.6 is 0 Å². The Morgan fingerprint density at radius 3 is 2.73 bits per heavy atom. The number of nitrogens with one attached hydrogen (secondary N) is 1. The van der Waals surface area contributed by atoms with Crippen LogP contribution in [0.2, 0.25) is 0 Å².